The first kappa shape index (κ1) is 17.4. The predicted molar refractivity (Wildman–Crippen MR) is 80.4 cm³/mol. The number of nitrogens with one attached hydrogen (secondary N) is 2. The number of rotatable bonds is 3. The van der Waals surface area contributed by atoms with Crippen LogP contribution in [0.3, 0.4) is 0 Å². The number of phenolic OH excluding ortho intramolecular Hbond substituents is 1. The Balaban J connectivity index is 2.25. The van der Waals surface area contributed by atoms with E-state index in [0.717, 1.165) is 12.1 Å². The number of nitrogens with zero attached hydrogens (tertiary/aromatic N) is 1. The maximum atomic E-state index is 13.0. The van der Waals surface area contributed by atoms with Gasteiger partial charge in [0.1, 0.15) is 5.75 Å². The second-order valence-electron chi connectivity index (χ2n) is 4.61. The van der Waals surface area contributed by atoms with Crippen LogP contribution in [0.5, 0.6) is 5.75 Å². The van der Waals surface area contributed by atoms with Gasteiger partial charge in [0.2, 0.25) is 0 Å². The van der Waals surface area contributed by atoms with E-state index in [2.05, 4.69) is 5.43 Å². The van der Waals surface area contributed by atoms with E-state index >= 15 is 0 Å². The Morgan fingerprint density at radius 3 is 2.54 bits per heavy atom. The number of halogens is 4. The third kappa shape index (κ3) is 3.88. The molecule has 0 saturated carbocycles. The van der Waals surface area contributed by atoms with E-state index in [0.29, 0.717) is 6.07 Å². The molecule has 0 bridgehead atoms. The van der Waals surface area contributed by atoms with Gasteiger partial charge in [-0.3, -0.25) is 15.6 Å². The van der Waals surface area contributed by atoms with E-state index in [1.54, 1.807) is 6.07 Å². The van der Waals surface area contributed by atoms with E-state index in [9.17, 15) is 23.1 Å². The molecule has 0 radical (unpaired) electrons. The minimum atomic E-state index is -4.72. The molecule has 0 atom stereocenters. The zero-order chi connectivity index (χ0) is 17.9. The smallest absolute Gasteiger partial charge is 0.418 e. The normalized spacial score (nSPS) is 10.8. The number of hydrazine groups is 1. The molecule has 5 nitrogen and oxygen atoms in total. The van der Waals surface area contributed by atoms with E-state index in [-0.39, 0.29) is 21.9 Å². The maximum absolute atomic E-state index is 13.0. The minimum absolute atomic E-state index is 0.173. The zero-order valence-corrected chi connectivity index (χ0v) is 12.5. The Kier molecular flexibility index (Phi) is 4.85. The summed E-state index contributed by atoms with van der Waals surface area (Å²) < 4.78 is 39.0. The van der Waals surface area contributed by atoms with Gasteiger partial charge in [-0.15, -0.1) is 0 Å². The van der Waals surface area contributed by atoms with Gasteiger partial charge in [0.05, 0.1) is 28.4 Å². The molecule has 2 rings (SSSR count). The molecule has 1 amide bonds. The zero-order valence-electron chi connectivity index (χ0n) is 11.8. The van der Waals surface area contributed by atoms with Gasteiger partial charge in [-0.25, -0.2) is 0 Å². The number of anilines is 1. The summed E-state index contributed by atoms with van der Waals surface area (Å²) in [7, 11) is 0. The van der Waals surface area contributed by atoms with E-state index in [1.807, 2.05) is 5.43 Å². The number of hydrogen-bond acceptors (Lipinski definition) is 4. The van der Waals surface area contributed by atoms with Crippen molar-refractivity contribution in [2.45, 2.75) is 6.18 Å². The van der Waals surface area contributed by atoms with Gasteiger partial charge in [0.15, 0.2) is 0 Å². The van der Waals surface area contributed by atoms with Crippen LogP contribution in [0, 0.1) is 11.3 Å². The molecule has 124 valence electrons. The molecule has 2 aromatic rings. The average molecular weight is 356 g/mol. The van der Waals surface area contributed by atoms with Gasteiger partial charge < -0.3 is 5.11 Å². The molecule has 0 aliphatic carbocycles. The predicted octanol–water partition coefficient (Wildman–Crippen LogP) is 3.69. The molecule has 3 N–H and O–H groups in total. The van der Waals surface area contributed by atoms with Crippen LogP contribution in [0.25, 0.3) is 0 Å². The highest BCUT2D eigenvalue weighted by Crippen LogP contribution is 2.35. The first-order valence-electron chi connectivity index (χ1n) is 6.38. The first-order chi connectivity index (χ1) is 11.2. The van der Waals surface area contributed by atoms with Crippen molar-refractivity contribution < 1.29 is 23.1 Å². The number of aromatic hydroxyl groups is 1. The number of phenols is 1. The number of hydrogen-bond donors (Lipinski definition) is 3. The largest absolute Gasteiger partial charge is 0.507 e. The van der Waals surface area contributed by atoms with Crippen molar-refractivity contribution in [1.29, 1.82) is 5.26 Å². The van der Waals surface area contributed by atoms with Crippen LogP contribution >= 0.6 is 11.6 Å². The lowest BCUT2D eigenvalue weighted by Crippen LogP contribution is -2.30. The number of benzene rings is 2. The molecular weight excluding hydrogens is 347 g/mol. The van der Waals surface area contributed by atoms with Crippen molar-refractivity contribution in [3.05, 3.63) is 58.1 Å². The minimum Gasteiger partial charge on any atom is -0.507 e. The van der Waals surface area contributed by atoms with Crippen LogP contribution in [-0.2, 0) is 6.18 Å². The van der Waals surface area contributed by atoms with E-state index < -0.39 is 23.3 Å². The van der Waals surface area contributed by atoms with Crippen LogP contribution in [-0.4, -0.2) is 11.0 Å². The second-order valence-corrected chi connectivity index (χ2v) is 5.05. The van der Waals surface area contributed by atoms with Gasteiger partial charge >= 0.3 is 6.18 Å². The van der Waals surface area contributed by atoms with Crippen LogP contribution in [0.4, 0.5) is 18.9 Å². The van der Waals surface area contributed by atoms with E-state index in [4.69, 9.17) is 16.9 Å². The number of amides is 1. The topological polar surface area (TPSA) is 85.2 Å². The summed E-state index contributed by atoms with van der Waals surface area (Å²) >= 11 is 5.71. The molecule has 0 fully saturated rings. The van der Waals surface area contributed by atoms with E-state index in [1.165, 1.54) is 18.2 Å². The first-order valence-corrected chi connectivity index (χ1v) is 6.76. The quantitative estimate of drug-likeness (QED) is 0.733. The summed E-state index contributed by atoms with van der Waals surface area (Å²) in [6, 6.07) is 8.14. The highest BCUT2D eigenvalue weighted by molar-refractivity contribution is 6.31. The number of carbonyl (C=O) groups excluding carboxylic acids is 1. The molecule has 9 heteroatoms. The van der Waals surface area contributed by atoms with Gasteiger partial charge in [0, 0.05) is 5.02 Å². The third-order valence-corrected chi connectivity index (χ3v) is 3.20. The Hall–Kier alpha value is -2.92. The van der Waals surface area contributed by atoms with Crippen LogP contribution in [0.2, 0.25) is 5.02 Å². The molecule has 2 aromatic carbocycles. The Morgan fingerprint density at radius 1 is 1.21 bits per heavy atom. The fourth-order valence-corrected chi connectivity index (χ4v) is 2.01. The van der Waals surface area contributed by atoms with Gasteiger partial charge in [-0.05, 0) is 36.4 Å². The van der Waals surface area contributed by atoms with Crippen LogP contribution in [0.1, 0.15) is 21.5 Å². The van der Waals surface area contributed by atoms with Gasteiger partial charge in [-0.2, -0.15) is 18.4 Å². The van der Waals surface area contributed by atoms with Crippen molar-refractivity contribution in [1.82, 2.24) is 5.43 Å². The van der Waals surface area contributed by atoms with Crippen LogP contribution < -0.4 is 10.9 Å². The molecule has 0 unspecified atom stereocenters. The number of alkyl halides is 3. The fraction of sp³-hybridized carbons (Fsp3) is 0.0667. The summed E-state index contributed by atoms with van der Waals surface area (Å²) in [5.74, 6) is -1.26. The number of carbonyl (C=O) groups is 1. The molecule has 0 spiro atoms. The highest BCUT2D eigenvalue weighted by atomic mass is 35.5. The summed E-state index contributed by atoms with van der Waals surface area (Å²) in [6.45, 7) is 0. The Labute approximate surface area is 139 Å². The molecule has 0 aliphatic heterocycles. The lowest BCUT2D eigenvalue weighted by Gasteiger charge is -2.15. The molecule has 0 saturated heterocycles. The molecule has 0 aromatic heterocycles. The average Bonchev–Trinajstić information content (AvgIpc) is 2.53. The molecular formula is C15H9ClF3N3O2. The monoisotopic (exact) mass is 355 g/mol. The fourth-order valence-electron chi connectivity index (χ4n) is 1.84. The Morgan fingerprint density at radius 2 is 1.92 bits per heavy atom. The third-order valence-electron chi connectivity index (χ3n) is 2.97. The van der Waals surface area contributed by atoms with Crippen molar-refractivity contribution in [2.75, 3.05) is 5.43 Å². The van der Waals surface area contributed by atoms with Gasteiger partial charge in [-0.1, -0.05) is 11.6 Å². The van der Waals surface area contributed by atoms with Gasteiger partial charge in [0.25, 0.3) is 5.91 Å². The lowest BCUT2D eigenvalue weighted by molar-refractivity contribution is -0.137. The van der Waals surface area contributed by atoms with Crippen molar-refractivity contribution >= 4 is 23.2 Å². The van der Waals surface area contributed by atoms with Crippen molar-refractivity contribution in [3.8, 4) is 11.8 Å². The maximum Gasteiger partial charge on any atom is 0.418 e. The standard InChI is InChI=1S/C15H9ClF3N3O2/c16-9-2-4-13(23)10(6-9)14(24)22-21-12-3-1-8(7-20)5-11(12)15(17,18)19/h1-6,21,23H,(H,22,24). The highest BCUT2D eigenvalue weighted by Gasteiger charge is 2.34. The summed E-state index contributed by atoms with van der Waals surface area (Å²) in [5, 5.41) is 18.5. The Bertz CT molecular complexity index is 832. The number of nitriles is 1. The second kappa shape index (κ2) is 6.68. The molecule has 24 heavy (non-hydrogen) atoms. The van der Waals surface area contributed by atoms with Crippen LogP contribution in [0.15, 0.2) is 36.4 Å². The molecule has 0 heterocycles. The lowest BCUT2D eigenvalue weighted by atomic mass is 10.1. The SMILES string of the molecule is N#Cc1ccc(NNC(=O)c2cc(Cl)ccc2O)c(C(F)(F)F)c1. The molecule has 0 aliphatic rings. The summed E-state index contributed by atoms with van der Waals surface area (Å²) in [5.41, 5.74) is 2.23. The van der Waals surface area contributed by atoms with Crippen molar-refractivity contribution in [3.63, 3.8) is 0 Å². The van der Waals surface area contributed by atoms with Crippen molar-refractivity contribution in [2.24, 2.45) is 0 Å². The summed E-state index contributed by atoms with van der Waals surface area (Å²) in [4.78, 5) is 11.9. The summed E-state index contributed by atoms with van der Waals surface area (Å²) in [6.07, 6.45) is -4.72.